The molecule has 0 aromatic rings. The standard InChI is InChI=1S/C16H32N4O3/c1-13(20(7)12-15(21)17-6)19-14(2)23-11-10-22-9-8-18-16(3,4)5/h18H,2,8-12H2,1,3-7H3,(H,17,21). The molecule has 1 amide bonds. The summed E-state index contributed by atoms with van der Waals surface area (Å²) in [6, 6.07) is 0. The molecule has 0 bridgehead atoms. The number of nitrogens with one attached hydrogen (secondary N) is 2. The summed E-state index contributed by atoms with van der Waals surface area (Å²) in [5.74, 6) is 0.891. The number of ether oxygens (including phenoxy) is 2. The van der Waals surface area contributed by atoms with Crippen LogP contribution in [0, 0.1) is 0 Å². The Morgan fingerprint density at radius 2 is 1.91 bits per heavy atom. The number of likely N-dealkylation sites (N-methyl/N-ethyl adjacent to an activating group) is 2. The molecule has 7 heteroatoms. The summed E-state index contributed by atoms with van der Waals surface area (Å²) in [4.78, 5) is 17.2. The first-order valence-electron chi connectivity index (χ1n) is 7.77. The molecule has 0 aliphatic heterocycles. The average Bonchev–Trinajstić information content (AvgIpc) is 2.44. The van der Waals surface area contributed by atoms with Gasteiger partial charge in [0.1, 0.15) is 12.4 Å². The van der Waals surface area contributed by atoms with Gasteiger partial charge in [0.2, 0.25) is 11.8 Å². The van der Waals surface area contributed by atoms with Crippen molar-refractivity contribution in [2.24, 2.45) is 4.99 Å². The number of amidine groups is 1. The van der Waals surface area contributed by atoms with E-state index >= 15 is 0 Å². The fourth-order valence-corrected chi connectivity index (χ4v) is 1.53. The smallest absolute Gasteiger partial charge is 0.239 e. The van der Waals surface area contributed by atoms with E-state index in [0.717, 1.165) is 6.54 Å². The zero-order valence-corrected chi connectivity index (χ0v) is 15.4. The maximum Gasteiger partial charge on any atom is 0.239 e. The number of hydrogen-bond acceptors (Lipinski definition) is 5. The minimum absolute atomic E-state index is 0.0779. The van der Waals surface area contributed by atoms with E-state index in [4.69, 9.17) is 9.47 Å². The van der Waals surface area contributed by atoms with Gasteiger partial charge in [-0.3, -0.25) is 4.79 Å². The molecular formula is C16H32N4O3. The highest BCUT2D eigenvalue weighted by molar-refractivity contribution is 5.86. The molecular weight excluding hydrogens is 296 g/mol. The van der Waals surface area contributed by atoms with Gasteiger partial charge in [0.05, 0.1) is 19.8 Å². The minimum Gasteiger partial charge on any atom is -0.476 e. The van der Waals surface area contributed by atoms with Crippen molar-refractivity contribution in [3.8, 4) is 0 Å². The molecule has 0 spiro atoms. The Labute approximate surface area is 140 Å². The van der Waals surface area contributed by atoms with Crippen molar-refractivity contribution in [2.75, 3.05) is 47.0 Å². The number of carbonyl (C=O) groups excluding carboxylic acids is 1. The average molecular weight is 328 g/mol. The van der Waals surface area contributed by atoms with E-state index in [2.05, 4.69) is 43.0 Å². The van der Waals surface area contributed by atoms with Crippen LogP contribution in [-0.4, -0.2) is 69.2 Å². The van der Waals surface area contributed by atoms with Gasteiger partial charge in [-0.2, -0.15) is 0 Å². The number of aliphatic imine (C=N–C) groups is 1. The lowest BCUT2D eigenvalue weighted by atomic mass is 10.1. The molecule has 0 atom stereocenters. The van der Waals surface area contributed by atoms with Gasteiger partial charge in [0.15, 0.2) is 0 Å². The third-order valence-corrected chi connectivity index (χ3v) is 2.90. The number of amides is 1. The zero-order chi connectivity index (χ0) is 17.9. The number of carbonyl (C=O) groups is 1. The highest BCUT2D eigenvalue weighted by Gasteiger charge is 2.08. The summed E-state index contributed by atoms with van der Waals surface area (Å²) < 4.78 is 10.8. The summed E-state index contributed by atoms with van der Waals surface area (Å²) in [5.41, 5.74) is 0.0983. The van der Waals surface area contributed by atoms with Crippen LogP contribution < -0.4 is 10.6 Å². The first-order valence-corrected chi connectivity index (χ1v) is 7.77. The summed E-state index contributed by atoms with van der Waals surface area (Å²) in [6.45, 7) is 14.4. The predicted molar refractivity (Wildman–Crippen MR) is 93.5 cm³/mol. The highest BCUT2D eigenvalue weighted by Crippen LogP contribution is 1.99. The molecule has 0 saturated heterocycles. The maximum atomic E-state index is 11.3. The molecule has 0 aromatic heterocycles. The second kappa shape index (κ2) is 11.0. The van der Waals surface area contributed by atoms with Crippen LogP contribution in [0.3, 0.4) is 0 Å². The quantitative estimate of drug-likeness (QED) is 0.271. The topological polar surface area (TPSA) is 75.2 Å². The molecule has 0 aromatic carbocycles. The normalized spacial score (nSPS) is 12.0. The fourth-order valence-electron chi connectivity index (χ4n) is 1.53. The molecule has 0 aliphatic carbocycles. The van der Waals surface area contributed by atoms with E-state index in [1.54, 1.807) is 25.9 Å². The fraction of sp³-hybridized carbons (Fsp3) is 0.750. The Morgan fingerprint density at radius 1 is 1.26 bits per heavy atom. The third kappa shape index (κ3) is 12.6. The molecule has 0 rings (SSSR count). The summed E-state index contributed by atoms with van der Waals surface area (Å²) in [7, 11) is 3.38. The van der Waals surface area contributed by atoms with Crippen LogP contribution in [0.1, 0.15) is 27.7 Å². The van der Waals surface area contributed by atoms with Crippen molar-refractivity contribution < 1.29 is 14.3 Å². The van der Waals surface area contributed by atoms with Crippen LogP contribution in [0.15, 0.2) is 17.5 Å². The van der Waals surface area contributed by atoms with Gasteiger partial charge in [-0.1, -0.05) is 0 Å². The highest BCUT2D eigenvalue weighted by atomic mass is 16.5. The van der Waals surface area contributed by atoms with E-state index in [9.17, 15) is 4.79 Å². The van der Waals surface area contributed by atoms with Crippen molar-refractivity contribution in [1.29, 1.82) is 0 Å². The van der Waals surface area contributed by atoms with Crippen LogP contribution in [0.5, 0.6) is 0 Å². The molecule has 0 unspecified atom stereocenters. The van der Waals surface area contributed by atoms with E-state index < -0.39 is 0 Å². The number of hydrogen-bond donors (Lipinski definition) is 2. The number of nitrogens with zero attached hydrogens (tertiary/aromatic N) is 2. The second-order valence-electron chi connectivity index (χ2n) is 6.22. The first-order chi connectivity index (χ1) is 10.7. The molecule has 0 heterocycles. The second-order valence-corrected chi connectivity index (χ2v) is 6.22. The van der Waals surface area contributed by atoms with Crippen LogP contribution in [0.25, 0.3) is 0 Å². The Kier molecular flexibility index (Phi) is 10.2. The Bertz CT molecular complexity index is 403. The van der Waals surface area contributed by atoms with Gasteiger partial charge in [0.25, 0.3) is 0 Å². The van der Waals surface area contributed by atoms with Gasteiger partial charge in [-0.15, -0.1) is 0 Å². The van der Waals surface area contributed by atoms with Gasteiger partial charge in [-0.05, 0) is 34.3 Å². The molecule has 134 valence electrons. The molecule has 7 nitrogen and oxygen atoms in total. The Hall–Kier alpha value is -1.60. The molecule has 23 heavy (non-hydrogen) atoms. The van der Waals surface area contributed by atoms with E-state index in [0.29, 0.717) is 31.5 Å². The lowest BCUT2D eigenvalue weighted by molar-refractivity contribution is -0.120. The Morgan fingerprint density at radius 3 is 2.48 bits per heavy atom. The molecule has 0 aliphatic rings. The van der Waals surface area contributed by atoms with Crippen molar-refractivity contribution in [2.45, 2.75) is 33.2 Å². The largest absolute Gasteiger partial charge is 0.476 e. The van der Waals surface area contributed by atoms with Gasteiger partial charge in [-0.25, -0.2) is 4.99 Å². The van der Waals surface area contributed by atoms with Crippen LogP contribution in [-0.2, 0) is 14.3 Å². The summed E-state index contributed by atoms with van der Waals surface area (Å²) in [5, 5.41) is 5.90. The number of rotatable bonds is 10. The minimum atomic E-state index is -0.0779. The SMILES string of the molecule is C=C(N=C(C)N(C)CC(=O)NC)OCCOCCNC(C)(C)C. The van der Waals surface area contributed by atoms with Crippen molar-refractivity contribution in [3.63, 3.8) is 0 Å². The van der Waals surface area contributed by atoms with Crippen molar-refractivity contribution in [1.82, 2.24) is 15.5 Å². The first kappa shape index (κ1) is 21.4. The van der Waals surface area contributed by atoms with E-state index in [1.807, 2.05) is 0 Å². The molecule has 0 saturated carbocycles. The van der Waals surface area contributed by atoms with Crippen LogP contribution >= 0.6 is 0 Å². The third-order valence-electron chi connectivity index (χ3n) is 2.90. The summed E-state index contributed by atoms with van der Waals surface area (Å²) >= 11 is 0. The lowest BCUT2D eigenvalue weighted by Gasteiger charge is -2.20. The van der Waals surface area contributed by atoms with Crippen molar-refractivity contribution in [3.05, 3.63) is 12.5 Å². The molecule has 2 N–H and O–H groups in total. The van der Waals surface area contributed by atoms with Gasteiger partial charge >= 0.3 is 0 Å². The van der Waals surface area contributed by atoms with Gasteiger partial charge in [0, 0.05) is 26.2 Å². The monoisotopic (exact) mass is 328 g/mol. The van der Waals surface area contributed by atoms with Crippen LogP contribution in [0.2, 0.25) is 0 Å². The predicted octanol–water partition coefficient (Wildman–Crippen LogP) is 0.975. The summed E-state index contributed by atoms with van der Waals surface area (Å²) in [6.07, 6.45) is 0. The van der Waals surface area contributed by atoms with E-state index in [-0.39, 0.29) is 18.0 Å². The van der Waals surface area contributed by atoms with E-state index in [1.165, 1.54) is 0 Å². The zero-order valence-electron chi connectivity index (χ0n) is 15.4. The lowest BCUT2D eigenvalue weighted by Crippen LogP contribution is -2.38. The van der Waals surface area contributed by atoms with Crippen molar-refractivity contribution >= 4 is 11.7 Å². The maximum absolute atomic E-state index is 11.3. The van der Waals surface area contributed by atoms with Gasteiger partial charge < -0.3 is 25.0 Å². The van der Waals surface area contributed by atoms with Crippen LogP contribution in [0.4, 0.5) is 0 Å². The molecule has 0 radical (unpaired) electrons. The molecule has 0 fully saturated rings. The Balaban J connectivity index is 3.85.